The lowest BCUT2D eigenvalue weighted by Crippen LogP contribution is -2.26. The molecule has 0 unspecified atom stereocenters. The Bertz CT molecular complexity index is 933. The van der Waals surface area contributed by atoms with Crippen molar-refractivity contribution in [2.45, 2.75) is 19.8 Å². The third-order valence-corrected chi connectivity index (χ3v) is 4.16. The molecule has 0 saturated heterocycles. The first-order valence-electron chi connectivity index (χ1n) is 7.86. The summed E-state index contributed by atoms with van der Waals surface area (Å²) in [5, 5.41) is 3.37. The van der Waals surface area contributed by atoms with E-state index in [1.165, 1.54) is 5.56 Å². The highest BCUT2D eigenvalue weighted by Crippen LogP contribution is 2.32. The van der Waals surface area contributed by atoms with Gasteiger partial charge in [0.05, 0.1) is 23.0 Å². The van der Waals surface area contributed by atoms with Crippen LogP contribution in [0, 0.1) is 0 Å². The number of hydrogen-bond donors (Lipinski definition) is 2. The van der Waals surface area contributed by atoms with Crippen molar-refractivity contribution < 1.29 is 0 Å². The molecular weight excluding hydrogens is 284 g/mol. The van der Waals surface area contributed by atoms with E-state index in [0.29, 0.717) is 0 Å². The molecule has 4 rings (SSSR count). The lowest BCUT2D eigenvalue weighted by atomic mass is 10.00. The summed E-state index contributed by atoms with van der Waals surface area (Å²) in [6.07, 6.45) is 3.85. The molecule has 2 heterocycles. The number of hydrogen-bond acceptors (Lipinski definition) is 3. The van der Waals surface area contributed by atoms with Crippen molar-refractivity contribution >= 4 is 28.3 Å². The maximum Gasteiger partial charge on any atom is 0.138 e. The van der Waals surface area contributed by atoms with Gasteiger partial charge in [0.15, 0.2) is 0 Å². The van der Waals surface area contributed by atoms with Gasteiger partial charge in [-0.1, -0.05) is 44.2 Å². The summed E-state index contributed by atoms with van der Waals surface area (Å²) in [5.74, 6) is 0.862. The zero-order valence-corrected chi connectivity index (χ0v) is 13.1. The number of nitrogens with zero attached hydrogens (tertiary/aromatic N) is 2. The smallest absolute Gasteiger partial charge is 0.138 e. The molecule has 0 amide bonds. The van der Waals surface area contributed by atoms with Crippen LogP contribution in [-0.4, -0.2) is 15.8 Å². The van der Waals surface area contributed by atoms with Crippen molar-refractivity contribution in [1.82, 2.24) is 15.3 Å². The van der Waals surface area contributed by atoms with Gasteiger partial charge in [0.2, 0.25) is 0 Å². The Morgan fingerprint density at radius 2 is 2.00 bits per heavy atom. The molecule has 4 nitrogen and oxygen atoms in total. The number of fused-ring (bicyclic) bond motifs is 2. The molecule has 0 radical (unpaired) electrons. The highest BCUT2D eigenvalue weighted by Gasteiger charge is 2.19. The number of H-pyrrole nitrogens is 1. The fourth-order valence-corrected chi connectivity index (χ4v) is 3.03. The first-order valence-corrected chi connectivity index (χ1v) is 7.86. The Hall–Kier alpha value is -2.88. The van der Waals surface area contributed by atoms with Gasteiger partial charge in [-0.25, -0.2) is 9.98 Å². The Balaban J connectivity index is 1.86. The highest BCUT2D eigenvalue weighted by atomic mass is 15.0. The quantitative estimate of drug-likeness (QED) is 0.763. The van der Waals surface area contributed by atoms with Crippen LogP contribution in [0.4, 0.5) is 5.69 Å². The largest absolute Gasteiger partial charge is 0.345 e. The molecule has 1 aliphatic heterocycles. The first-order chi connectivity index (χ1) is 11.3. The lowest BCUT2D eigenvalue weighted by Gasteiger charge is -2.21. The summed E-state index contributed by atoms with van der Waals surface area (Å²) >= 11 is 0. The molecular formula is C19H18N4. The SMILES string of the molecule is C=C1NC(c2ccccc2CCC)=Nc2cc3nc[nH]c3cc21. The normalized spacial score (nSPS) is 13.6. The molecule has 0 atom stereocenters. The van der Waals surface area contributed by atoms with Crippen LogP contribution in [0.25, 0.3) is 16.7 Å². The van der Waals surface area contributed by atoms with Crippen molar-refractivity contribution in [3.63, 3.8) is 0 Å². The molecule has 0 spiro atoms. The maximum atomic E-state index is 4.83. The van der Waals surface area contributed by atoms with Gasteiger partial charge in [-0.15, -0.1) is 0 Å². The van der Waals surface area contributed by atoms with Gasteiger partial charge < -0.3 is 10.3 Å². The second-order valence-electron chi connectivity index (χ2n) is 5.76. The number of benzene rings is 2. The van der Waals surface area contributed by atoms with Crippen LogP contribution in [0.5, 0.6) is 0 Å². The van der Waals surface area contributed by atoms with E-state index in [9.17, 15) is 0 Å². The maximum absolute atomic E-state index is 4.83. The van der Waals surface area contributed by atoms with Crippen molar-refractivity contribution in [3.8, 4) is 0 Å². The standard InChI is InChI=1S/C19H18N4/c1-3-6-13-7-4-5-8-14(13)19-22-12(2)15-9-17-18(21-11-20-17)10-16(15)23-19/h4-5,7-11H,2-3,6H2,1H3,(H,20,21)(H,22,23). The average molecular weight is 302 g/mol. The predicted octanol–water partition coefficient (Wildman–Crippen LogP) is 4.17. The van der Waals surface area contributed by atoms with Crippen LogP contribution in [-0.2, 0) is 6.42 Å². The minimum absolute atomic E-state index is 0.862. The molecule has 0 saturated carbocycles. The zero-order valence-electron chi connectivity index (χ0n) is 13.1. The summed E-state index contributed by atoms with van der Waals surface area (Å²) in [4.78, 5) is 12.3. The van der Waals surface area contributed by atoms with Crippen molar-refractivity contribution in [2.24, 2.45) is 4.99 Å². The summed E-state index contributed by atoms with van der Waals surface area (Å²) in [5.41, 5.74) is 7.16. The number of aromatic nitrogens is 2. The number of aryl methyl sites for hydroxylation is 1. The van der Waals surface area contributed by atoms with E-state index in [1.54, 1.807) is 6.33 Å². The summed E-state index contributed by atoms with van der Waals surface area (Å²) < 4.78 is 0. The van der Waals surface area contributed by atoms with Crippen LogP contribution in [0.1, 0.15) is 30.0 Å². The van der Waals surface area contributed by atoms with Gasteiger partial charge in [0.1, 0.15) is 5.84 Å². The molecule has 23 heavy (non-hydrogen) atoms. The first kappa shape index (κ1) is 13.8. The van der Waals surface area contributed by atoms with E-state index >= 15 is 0 Å². The molecule has 0 bridgehead atoms. The number of nitrogens with one attached hydrogen (secondary N) is 2. The molecule has 1 aliphatic rings. The number of amidine groups is 1. The van der Waals surface area contributed by atoms with Gasteiger partial charge in [-0.3, -0.25) is 0 Å². The molecule has 1 aromatic heterocycles. The van der Waals surface area contributed by atoms with Crippen molar-refractivity contribution in [2.75, 3.05) is 0 Å². The summed E-state index contributed by atoms with van der Waals surface area (Å²) in [6, 6.07) is 12.5. The molecule has 2 N–H and O–H groups in total. The predicted molar refractivity (Wildman–Crippen MR) is 94.9 cm³/mol. The summed E-state index contributed by atoms with van der Waals surface area (Å²) in [7, 11) is 0. The van der Waals surface area contributed by atoms with E-state index in [4.69, 9.17) is 4.99 Å². The fraction of sp³-hybridized carbons (Fsp3) is 0.158. The molecule has 0 fully saturated rings. The topological polar surface area (TPSA) is 53.1 Å². The minimum Gasteiger partial charge on any atom is -0.345 e. The van der Waals surface area contributed by atoms with E-state index in [-0.39, 0.29) is 0 Å². The fourth-order valence-electron chi connectivity index (χ4n) is 3.03. The number of aromatic amines is 1. The van der Waals surface area contributed by atoms with E-state index in [2.05, 4.69) is 47.0 Å². The van der Waals surface area contributed by atoms with E-state index < -0.39 is 0 Å². The Kier molecular flexibility index (Phi) is 3.23. The molecule has 3 aromatic rings. The summed E-state index contributed by atoms with van der Waals surface area (Å²) in [6.45, 7) is 6.36. The highest BCUT2D eigenvalue weighted by molar-refractivity contribution is 6.09. The molecule has 114 valence electrons. The zero-order chi connectivity index (χ0) is 15.8. The second-order valence-corrected chi connectivity index (χ2v) is 5.76. The third-order valence-electron chi connectivity index (χ3n) is 4.16. The van der Waals surface area contributed by atoms with Crippen LogP contribution < -0.4 is 5.32 Å². The van der Waals surface area contributed by atoms with Gasteiger partial charge in [-0.05, 0) is 24.1 Å². The van der Waals surface area contributed by atoms with Crippen LogP contribution >= 0.6 is 0 Å². The molecule has 4 heteroatoms. The van der Waals surface area contributed by atoms with Crippen molar-refractivity contribution in [3.05, 3.63) is 66.0 Å². The molecule has 2 aromatic carbocycles. The van der Waals surface area contributed by atoms with Crippen LogP contribution in [0.15, 0.2) is 54.3 Å². The van der Waals surface area contributed by atoms with Gasteiger partial charge in [0, 0.05) is 16.8 Å². The van der Waals surface area contributed by atoms with E-state index in [1.807, 2.05) is 18.2 Å². The molecule has 0 aliphatic carbocycles. The van der Waals surface area contributed by atoms with Gasteiger partial charge >= 0.3 is 0 Å². The Morgan fingerprint density at radius 1 is 1.13 bits per heavy atom. The second kappa shape index (κ2) is 5.39. The lowest BCUT2D eigenvalue weighted by molar-refractivity contribution is 0.918. The van der Waals surface area contributed by atoms with Gasteiger partial charge in [-0.2, -0.15) is 0 Å². The van der Waals surface area contributed by atoms with Crippen molar-refractivity contribution in [1.29, 1.82) is 0 Å². The van der Waals surface area contributed by atoms with Crippen LogP contribution in [0.3, 0.4) is 0 Å². The van der Waals surface area contributed by atoms with Gasteiger partial charge in [0.25, 0.3) is 0 Å². The number of rotatable bonds is 3. The minimum atomic E-state index is 0.862. The monoisotopic (exact) mass is 302 g/mol. The Morgan fingerprint density at radius 3 is 2.87 bits per heavy atom. The van der Waals surface area contributed by atoms with Crippen LogP contribution in [0.2, 0.25) is 0 Å². The Labute approximate surface area is 135 Å². The number of aliphatic imine (C=N–C) groups is 1. The third kappa shape index (κ3) is 2.32. The average Bonchev–Trinajstić information content (AvgIpc) is 3.01. The van der Waals surface area contributed by atoms with E-state index in [0.717, 1.165) is 52.2 Å². The number of imidazole rings is 1.